The van der Waals surface area contributed by atoms with Crippen molar-refractivity contribution in [3.63, 3.8) is 0 Å². The Kier molecular flexibility index (Phi) is 5.26. The second-order valence-corrected chi connectivity index (χ2v) is 7.71. The minimum absolute atomic E-state index is 0.154. The number of benzene rings is 2. The van der Waals surface area contributed by atoms with Crippen molar-refractivity contribution in [1.82, 2.24) is 4.98 Å². The maximum Gasteiger partial charge on any atom is 0.418 e. The number of aromatic nitrogens is 1. The number of anilines is 1. The van der Waals surface area contributed by atoms with Gasteiger partial charge in [0.1, 0.15) is 5.82 Å². The first-order chi connectivity index (χ1) is 13.8. The lowest BCUT2D eigenvalue weighted by molar-refractivity contribution is -0.136. The van der Waals surface area contributed by atoms with Crippen LogP contribution in [0.1, 0.15) is 28.8 Å². The van der Waals surface area contributed by atoms with E-state index in [4.69, 9.17) is 4.74 Å². The Balaban J connectivity index is 1.76. The van der Waals surface area contributed by atoms with Crippen molar-refractivity contribution < 1.29 is 27.1 Å². The van der Waals surface area contributed by atoms with Crippen LogP contribution in [0.15, 0.2) is 42.5 Å². The normalized spacial score (nSPS) is 17.0. The Morgan fingerprint density at radius 3 is 2.62 bits per heavy atom. The van der Waals surface area contributed by atoms with E-state index in [1.54, 1.807) is 6.07 Å². The summed E-state index contributed by atoms with van der Waals surface area (Å²) >= 11 is 1.01. The zero-order valence-electron chi connectivity index (χ0n) is 15.1. The molecule has 0 bridgehead atoms. The number of hydrogen-bond donors (Lipinski definition) is 0. The van der Waals surface area contributed by atoms with E-state index in [0.29, 0.717) is 11.3 Å². The third-order valence-electron chi connectivity index (χ3n) is 4.69. The summed E-state index contributed by atoms with van der Waals surface area (Å²) in [6.45, 7) is 0.735. The number of carbonyl (C=O) groups is 1. The highest BCUT2D eigenvalue weighted by Gasteiger charge is 2.35. The number of thiazole rings is 1. The van der Waals surface area contributed by atoms with E-state index < -0.39 is 23.5 Å². The summed E-state index contributed by atoms with van der Waals surface area (Å²) in [4.78, 5) is 18.6. The summed E-state index contributed by atoms with van der Waals surface area (Å²) in [6.07, 6.45) is -3.19. The van der Waals surface area contributed by atoms with Crippen molar-refractivity contribution in [3.05, 3.63) is 59.4 Å². The van der Waals surface area contributed by atoms with Gasteiger partial charge in [0, 0.05) is 12.2 Å². The lowest BCUT2D eigenvalue weighted by atomic mass is 10.1. The van der Waals surface area contributed by atoms with Gasteiger partial charge in [0.25, 0.3) is 5.91 Å². The molecular weight excluding hydrogens is 408 g/mol. The van der Waals surface area contributed by atoms with Crippen LogP contribution in [-0.2, 0) is 10.9 Å². The van der Waals surface area contributed by atoms with E-state index in [-0.39, 0.29) is 28.9 Å². The molecule has 0 N–H and O–H groups in total. The Morgan fingerprint density at radius 2 is 1.97 bits per heavy atom. The molecule has 1 fully saturated rings. The molecule has 2 heterocycles. The fourth-order valence-corrected chi connectivity index (χ4v) is 4.27. The maximum absolute atomic E-state index is 13.3. The topological polar surface area (TPSA) is 42.4 Å². The number of nitrogens with zero attached hydrogens (tertiary/aromatic N) is 2. The van der Waals surface area contributed by atoms with E-state index >= 15 is 0 Å². The second kappa shape index (κ2) is 7.72. The van der Waals surface area contributed by atoms with Crippen LogP contribution in [0.25, 0.3) is 10.2 Å². The summed E-state index contributed by atoms with van der Waals surface area (Å²) in [5.74, 6) is -0.949. The van der Waals surface area contributed by atoms with E-state index in [9.17, 15) is 22.4 Å². The Morgan fingerprint density at radius 1 is 1.21 bits per heavy atom. The molecule has 1 unspecified atom stereocenters. The largest absolute Gasteiger partial charge is 0.418 e. The van der Waals surface area contributed by atoms with E-state index in [1.807, 2.05) is 0 Å². The van der Waals surface area contributed by atoms with Crippen molar-refractivity contribution in [1.29, 1.82) is 0 Å². The van der Waals surface area contributed by atoms with Gasteiger partial charge in [-0.15, -0.1) is 0 Å². The van der Waals surface area contributed by atoms with Crippen molar-refractivity contribution in [2.45, 2.75) is 25.1 Å². The van der Waals surface area contributed by atoms with Crippen LogP contribution in [0.3, 0.4) is 0 Å². The van der Waals surface area contributed by atoms with Gasteiger partial charge in [-0.1, -0.05) is 17.4 Å². The molecule has 4 rings (SSSR count). The van der Waals surface area contributed by atoms with Crippen LogP contribution in [0.2, 0.25) is 0 Å². The number of alkyl halides is 3. The molecule has 3 aromatic rings. The molecule has 0 spiro atoms. The van der Waals surface area contributed by atoms with E-state index in [1.165, 1.54) is 23.1 Å². The number of carbonyl (C=O) groups excluding carboxylic acids is 1. The van der Waals surface area contributed by atoms with Crippen LogP contribution in [0.5, 0.6) is 0 Å². The minimum atomic E-state index is -4.55. The molecule has 1 atom stereocenters. The third-order valence-corrected chi connectivity index (χ3v) is 5.73. The van der Waals surface area contributed by atoms with Crippen molar-refractivity contribution in [3.8, 4) is 0 Å². The number of amides is 1. The molecule has 4 nitrogen and oxygen atoms in total. The van der Waals surface area contributed by atoms with Crippen molar-refractivity contribution in [2.75, 3.05) is 18.1 Å². The van der Waals surface area contributed by atoms with E-state index in [2.05, 4.69) is 4.98 Å². The summed E-state index contributed by atoms with van der Waals surface area (Å²) in [7, 11) is 0. The quantitative estimate of drug-likeness (QED) is 0.535. The average molecular weight is 424 g/mol. The summed E-state index contributed by atoms with van der Waals surface area (Å²) in [5.41, 5.74) is -0.812. The predicted molar refractivity (Wildman–Crippen MR) is 102 cm³/mol. The zero-order chi connectivity index (χ0) is 20.6. The van der Waals surface area contributed by atoms with Crippen LogP contribution in [0.4, 0.5) is 22.7 Å². The number of para-hydroxylation sites is 1. The Hall–Kier alpha value is -2.52. The molecule has 1 aromatic heterocycles. The van der Waals surface area contributed by atoms with Gasteiger partial charge in [-0.2, -0.15) is 13.2 Å². The monoisotopic (exact) mass is 424 g/mol. The average Bonchev–Trinajstić information content (AvgIpc) is 3.34. The Labute approximate surface area is 167 Å². The second-order valence-electron chi connectivity index (χ2n) is 6.70. The fourth-order valence-electron chi connectivity index (χ4n) is 3.27. The first-order valence-corrected chi connectivity index (χ1v) is 9.80. The Bertz CT molecular complexity index is 1030. The molecule has 0 aliphatic carbocycles. The molecule has 2 aromatic carbocycles. The molecule has 1 saturated heterocycles. The highest BCUT2D eigenvalue weighted by molar-refractivity contribution is 7.22. The van der Waals surface area contributed by atoms with Crippen LogP contribution < -0.4 is 4.90 Å². The molecular formula is C20H16F4N2O2S. The van der Waals surface area contributed by atoms with Gasteiger partial charge in [-0.25, -0.2) is 9.37 Å². The summed E-state index contributed by atoms with van der Waals surface area (Å²) in [6, 6.07) is 8.84. The zero-order valence-corrected chi connectivity index (χ0v) is 15.9. The van der Waals surface area contributed by atoms with Crippen molar-refractivity contribution >= 4 is 32.6 Å². The van der Waals surface area contributed by atoms with Crippen molar-refractivity contribution in [2.24, 2.45) is 0 Å². The molecule has 0 radical (unpaired) electrons. The van der Waals surface area contributed by atoms with Gasteiger partial charge in [-0.05, 0) is 49.2 Å². The number of rotatable bonds is 4. The van der Waals surface area contributed by atoms with E-state index in [0.717, 1.165) is 42.4 Å². The molecule has 9 heteroatoms. The molecule has 1 amide bonds. The number of fused-ring (bicyclic) bond motifs is 1. The van der Waals surface area contributed by atoms with Crippen LogP contribution in [0, 0.1) is 5.82 Å². The maximum atomic E-state index is 13.3. The molecule has 1 aliphatic heterocycles. The van der Waals surface area contributed by atoms with Gasteiger partial charge in [0.15, 0.2) is 5.13 Å². The molecule has 152 valence electrons. The third kappa shape index (κ3) is 4.11. The van der Waals surface area contributed by atoms with Crippen LogP contribution >= 0.6 is 11.3 Å². The fraction of sp³-hybridized carbons (Fsp3) is 0.300. The number of halogens is 4. The highest BCUT2D eigenvalue weighted by atomic mass is 32.1. The highest BCUT2D eigenvalue weighted by Crippen LogP contribution is 2.39. The molecule has 1 aliphatic rings. The first kappa shape index (κ1) is 19.8. The number of ether oxygens (including phenoxy) is 1. The van der Waals surface area contributed by atoms with Gasteiger partial charge >= 0.3 is 6.18 Å². The predicted octanol–water partition coefficient (Wildman–Crippen LogP) is 5.28. The summed E-state index contributed by atoms with van der Waals surface area (Å²) < 4.78 is 59.2. The molecule has 0 saturated carbocycles. The molecule has 29 heavy (non-hydrogen) atoms. The summed E-state index contributed by atoms with van der Waals surface area (Å²) in [5, 5.41) is 0.154. The van der Waals surface area contributed by atoms with Gasteiger partial charge in [-0.3, -0.25) is 9.69 Å². The standard InChI is InChI=1S/C20H16F4N2O2S/c21-13-8-6-12(7-9-13)18(27)26(11-14-3-2-10-28-14)19-25-17-15(20(22,23)24)4-1-5-16(17)29-19/h1,4-9,14H,2-3,10-11H2. The smallest absolute Gasteiger partial charge is 0.376 e. The minimum Gasteiger partial charge on any atom is -0.376 e. The van der Waals surface area contributed by atoms with Gasteiger partial charge in [0.05, 0.1) is 28.4 Å². The van der Waals surface area contributed by atoms with Crippen LogP contribution in [-0.4, -0.2) is 30.1 Å². The first-order valence-electron chi connectivity index (χ1n) is 8.99. The lowest BCUT2D eigenvalue weighted by Crippen LogP contribution is -2.37. The van der Waals surface area contributed by atoms with Gasteiger partial charge in [0.2, 0.25) is 0 Å². The lowest BCUT2D eigenvalue weighted by Gasteiger charge is -2.23. The van der Waals surface area contributed by atoms with Gasteiger partial charge < -0.3 is 4.74 Å². The SMILES string of the molecule is O=C(c1ccc(F)cc1)N(CC1CCCO1)c1nc2c(C(F)(F)F)cccc2s1. The number of hydrogen-bond acceptors (Lipinski definition) is 4.